The molecule has 1 N–H and O–H groups in total. The van der Waals surface area contributed by atoms with E-state index < -0.39 is 5.41 Å². The van der Waals surface area contributed by atoms with Gasteiger partial charge in [0.15, 0.2) is 0 Å². The van der Waals surface area contributed by atoms with Crippen LogP contribution < -0.4 is 5.32 Å². The van der Waals surface area contributed by atoms with Gasteiger partial charge in [-0.15, -0.1) is 0 Å². The lowest BCUT2D eigenvalue weighted by Gasteiger charge is -2.32. The van der Waals surface area contributed by atoms with Gasteiger partial charge in [0.25, 0.3) is 0 Å². The number of hydrogen-bond donors (Lipinski definition) is 1. The first-order valence-electron chi connectivity index (χ1n) is 9.13. The fourth-order valence-corrected chi connectivity index (χ4v) is 3.19. The Bertz CT molecular complexity index is 648. The van der Waals surface area contributed by atoms with Crippen LogP contribution in [0.4, 0.5) is 0 Å². The Kier molecular flexibility index (Phi) is 6.77. The first kappa shape index (κ1) is 19.2. The standard InChI is InChI=1S/C22H30N2O/c1-5-24(6-2)20(18-13-9-7-10-14-18)17-23-21(25)22(3,4)19-15-11-8-12-16-19/h7-16,20H,5-6,17H2,1-4H3,(H,23,25)/t20-/m0/s1. The van der Waals surface area contributed by atoms with E-state index in [0.29, 0.717) is 6.54 Å². The van der Waals surface area contributed by atoms with Crippen molar-refractivity contribution in [3.63, 3.8) is 0 Å². The monoisotopic (exact) mass is 338 g/mol. The zero-order valence-corrected chi connectivity index (χ0v) is 15.8. The van der Waals surface area contributed by atoms with Crippen molar-refractivity contribution < 1.29 is 4.79 Å². The van der Waals surface area contributed by atoms with Crippen molar-refractivity contribution in [2.24, 2.45) is 0 Å². The van der Waals surface area contributed by atoms with Gasteiger partial charge in [-0.3, -0.25) is 9.69 Å². The molecule has 1 amide bonds. The summed E-state index contributed by atoms with van der Waals surface area (Å²) >= 11 is 0. The minimum atomic E-state index is -0.550. The van der Waals surface area contributed by atoms with Crippen LogP contribution in [-0.2, 0) is 10.2 Å². The molecule has 0 aromatic heterocycles. The zero-order valence-electron chi connectivity index (χ0n) is 15.8. The van der Waals surface area contributed by atoms with E-state index in [1.54, 1.807) is 0 Å². The highest BCUT2D eigenvalue weighted by atomic mass is 16.2. The molecule has 3 nitrogen and oxygen atoms in total. The van der Waals surface area contributed by atoms with Gasteiger partial charge >= 0.3 is 0 Å². The zero-order chi connectivity index (χ0) is 18.3. The van der Waals surface area contributed by atoms with Crippen molar-refractivity contribution in [3.8, 4) is 0 Å². The van der Waals surface area contributed by atoms with Gasteiger partial charge in [0, 0.05) is 6.54 Å². The second-order valence-electron chi connectivity index (χ2n) is 6.85. The Morgan fingerprint density at radius 3 is 2.00 bits per heavy atom. The van der Waals surface area contributed by atoms with Crippen LogP contribution in [0.1, 0.15) is 44.9 Å². The van der Waals surface area contributed by atoms with Gasteiger partial charge < -0.3 is 5.32 Å². The highest BCUT2D eigenvalue weighted by Crippen LogP contribution is 2.24. The lowest BCUT2D eigenvalue weighted by molar-refractivity contribution is -0.125. The molecular formula is C22H30N2O. The predicted molar refractivity (Wildman–Crippen MR) is 105 cm³/mol. The molecule has 25 heavy (non-hydrogen) atoms. The van der Waals surface area contributed by atoms with E-state index in [1.165, 1.54) is 5.56 Å². The first-order chi connectivity index (χ1) is 12.0. The van der Waals surface area contributed by atoms with Gasteiger partial charge in [-0.1, -0.05) is 74.5 Å². The third-order valence-corrected chi connectivity index (χ3v) is 4.96. The topological polar surface area (TPSA) is 32.3 Å². The molecule has 0 saturated carbocycles. The third kappa shape index (κ3) is 4.70. The summed E-state index contributed by atoms with van der Waals surface area (Å²) in [5.74, 6) is 0.0618. The van der Waals surface area contributed by atoms with E-state index in [-0.39, 0.29) is 11.9 Å². The van der Waals surface area contributed by atoms with Crippen LogP contribution in [0.15, 0.2) is 60.7 Å². The third-order valence-electron chi connectivity index (χ3n) is 4.96. The largest absolute Gasteiger partial charge is 0.353 e. The molecule has 0 aliphatic heterocycles. The van der Waals surface area contributed by atoms with Crippen LogP contribution in [0.2, 0.25) is 0 Å². The molecular weight excluding hydrogens is 308 g/mol. The molecule has 0 fully saturated rings. The maximum absolute atomic E-state index is 12.9. The van der Waals surface area contributed by atoms with E-state index in [9.17, 15) is 4.79 Å². The maximum Gasteiger partial charge on any atom is 0.230 e. The van der Waals surface area contributed by atoms with Crippen LogP contribution in [0, 0.1) is 0 Å². The maximum atomic E-state index is 12.9. The number of carbonyl (C=O) groups excluding carboxylic acids is 1. The molecule has 0 bridgehead atoms. The predicted octanol–water partition coefficient (Wildman–Crippen LogP) is 4.16. The van der Waals surface area contributed by atoms with Crippen molar-refractivity contribution in [1.82, 2.24) is 10.2 Å². The summed E-state index contributed by atoms with van der Waals surface area (Å²) in [4.78, 5) is 15.3. The molecule has 0 radical (unpaired) electrons. The number of nitrogens with one attached hydrogen (secondary N) is 1. The van der Waals surface area contributed by atoms with E-state index in [1.807, 2.05) is 50.2 Å². The number of likely N-dealkylation sites (N-methyl/N-ethyl adjacent to an activating group) is 1. The van der Waals surface area contributed by atoms with E-state index in [0.717, 1.165) is 18.7 Å². The summed E-state index contributed by atoms with van der Waals surface area (Å²) in [5, 5.41) is 3.19. The number of rotatable bonds is 8. The molecule has 0 aliphatic rings. The van der Waals surface area contributed by atoms with Crippen molar-refractivity contribution in [1.29, 1.82) is 0 Å². The molecule has 2 aromatic carbocycles. The van der Waals surface area contributed by atoms with Crippen molar-refractivity contribution in [2.75, 3.05) is 19.6 Å². The molecule has 0 spiro atoms. The fraction of sp³-hybridized carbons (Fsp3) is 0.409. The van der Waals surface area contributed by atoms with Gasteiger partial charge in [0.2, 0.25) is 5.91 Å². The second-order valence-corrected chi connectivity index (χ2v) is 6.85. The molecule has 0 unspecified atom stereocenters. The first-order valence-corrected chi connectivity index (χ1v) is 9.13. The van der Waals surface area contributed by atoms with Gasteiger partial charge in [-0.25, -0.2) is 0 Å². The van der Waals surface area contributed by atoms with Gasteiger partial charge in [0.1, 0.15) is 0 Å². The van der Waals surface area contributed by atoms with E-state index >= 15 is 0 Å². The molecule has 2 rings (SSSR count). The Balaban J connectivity index is 2.13. The highest BCUT2D eigenvalue weighted by molar-refractivity contribution is 5.87. The number of carbonyl (C=O) groups is 1. The Morgan fingerprint density at radius 1 is 0.960 bits per heavy atom. The van der Waals surface area contributed by atoms with Crippen LogP contribution in [0.5, 0.6) is 0 Å². The summed E-state index contributed by atoms with van der Waals surface area (Å²) in [6.45, 7) is 10.8. The van der Waals surface area contributed by atoms with Crippen LogP contribution >= 0.6 is 0 Å². The molecule has 134 valence electrons. The average Bonchev–Trinajstić information content (AvgIpc) is 2.66. The number of hydrogen-bond acceptors (Lipinski definition) is 2. The Hall–Kier alpha value is -2.13. The van der Waals surface area contributed by atoms with E-state index in [2.05, 4.69) is 48.3 Å². The van der Waals surface area contributed by atoms with Crippen molar-refractivity contribution in [3.05, 3.63) is 71.8 Å². The average molecular weight is 338 g/mol. The van der Waals surface area contributed by atoms with Crippen LogP contribution in [0.3, 0.4) is 0 Å². The summed E-state index contributed by atoms with van der Waals surface area (Å²) in [5.41, 5.74) is 1.72. The van der Waals surface area contributed by atoms with Crippen molar-refractivity contribution >= 4 is 5.91 Å². The molecule has 2 aromatic rings. The number of nitrogens with zero attached hydrogens (tertiary/aromatic N) is 1. The second kappa shape index (κ2) is 8.82. The lowest BCUT2D eigenvalue weighted by Crippen LogP contribution is -2.44. The minimum absolute atomic E-state index is 0.0618. The lowest BCUT2D eigenvalue weighted by atomic mass is 9.83. The molecule has 0 saturated heterocycles. The summed E-state index contributed by atoms with van der Waals surface area (Å²) in [7, 11) is 0. The fourth-order valence-electron chi connectivity index (χ4n) is 3.19. The summed E-state index contributed by atoms with van der Waals surface area (Å²) in [6, 6.07) is 20.6. The highest BCUT2D eigenvalue weighted by Gasteiger charge is 2.30. The van der Waals surface area contributed by atoms with Crippen LogP contribution in [-0.4, -0.2) is 30.4 Å². The molecule has 0 aliphatic carbocycles. The Morgan fingerprint density at radius 2 is 1.48 bits per heavy atom. The number of amides is 1. The molecule has 0 heterocycles. The van der Waals surface area contributed by atoms with Gasteiger partial charge in [-0.05, 0) is 38.1 Å². The van der Waals surface area contributed by atoms with Gasteiger partial charge in [0.05, 0.1) is 11.5 Å². The SMILES string of the molecule is CCN(CC)[C@@H](CNC(=O)C(C)(C)c1ccccc1)c1ccccc1. The summed E-state index contributed by atoms with van der Waals surface area (Å²) in [6.07, 6.45) is 0. The minimum Gasteiger partial charge on any atom is -0.353 e. The number of benzene rings is 2. The molecule has 3 heteroatoms. The Labute approximate surface area is 152 Å². The molecule has 1 atom stereocenters. The summed E-state index contributed by atoms with van der Waals surface area (Å²) < 4.78 is 0. The van der Waals surface area contributed by atoms with E-state index in [4.69, 9.17) is 0 Å². The van der Waals surface area contributed by atoms with Crippen LogP contribution in [0.25, 0.3) is 0 Å². The van der Waals surface area contributed by atoms with Crippen molar-refractivity contribution in [2.45, 2.75) is 39.2 Å². The smallest absolute Gasteiger partial charge is 0.230 e. The quantitative estimate of drug-likeness (QED) is 0.784. The normalized spacial score (nSPS) is 12.8. The van der Waals surface area contributed by atoms with Gasteiger partial charge in [-0.2, -0.15) is 0 Å².